The molecule has 0 bridgehead atoms. The summed E-state index contributed by atoms with van der Waals surface area (Å²) >= 11 is 0. The lowest BCUT2D eigenvalue weighted by molar-refractivity contribution is -0.0519. The lowest BCUT2D eigenvalue weighted by Gasteiger charge is -2.22. The van der Waals surface area contributed by atoms with Crippen molar-refractivity contribution in [2.24, 2.45) is 10.3 Å². The van der Waals surface area contributed by atoms with Crippen LogP contribution in [0.5, 0.6) is 0 Å². The molecule has 0 saturated carbocycles. The second kappa shape index (κ2) is 7.09. The van der Waals surface area contributed by atoms with Crippen LogP contribution in [-0.2, 0) is 11.3 Å². The average Bonchev–Trinajstić information content (AvgIpc) is 3.23. The highest BCUT2D eigenvalue weighted by Crippen LogP contribution is 2.35. The van der Waals surface area contributed by atoms with E-state index in [1.807, 2.05) is 30.3 Å². The lowest BCUT2D eigenvalue weighted by atomic mass is 10.1. The lowest BCUT2D eigenvalue weighted by Crippen LogP contribution is -2.33. The molecule has 0 radical (unpaired) electrons. The van der Waals surface area contributed by atoms with Crippen molar-refractivity contribution in [2.75, 3.05) is 12.0 Å². The Morgan fingerprint density at radius 3 is 2.73 bits per heavy atom. The molecule has 3 heterocycles. The van der Waals surface area contributed by atoms with E-state index in [1.165, 1.54) is 6.33 Å². The Bertz CT molecular complexity index is 782. The van der Waals surface area contributed by atoms with Gasteiger partial charge in [0.25, 0.3) is 0 Å². The molecule has 10 nitrogen and oxygen atoms in total. The van der Waals surface area contributed by atoms with Gasteiger partial charge in [-0.3, -0.25) is 9.88 Å². The molecule has 0 amide bonds. The molecule has 138 valence electrons. The van der Waals surface area contributed by atoms with Gasteiger partial charge in [-0.1, -0.05) is 35.6 Å². The summed E-state index contributed by atoms with van der Waals surface area (Å²) in [6, 6.07) is 9.88. The summed E-state index contributed by atoms with van der Waals surface area (Å²) in [5, 5.41) is 40.7. The Labute approximate surface area is 149 Å². The third-order valence-electron chi connectivity index (χ3n) is 4.54. The molecule has 2 aromatic rings. The number of fused-ring (bicyclic) bond motifs is 1. The van der Waals surface area contributed by atoms with Crippen molar-refractivity contribution in [3.8, 4) is 0 Å². The summed E-state index contributed by atoms with van der Waals surface area (Å²) in [6.07, 6.45) is -3.07. The van der Waals surface area contributed by atoms with E-state index in [9.17, 15) is 15.3 Å². The van der Waals surface area contributed by atoms with Crippen LogP contribution in [0.25, 0.3) is 0 Å². The zero-order valence-corrected chi connectivity index (χ0v) is 13.8. The summed E-state index contributed by atoms with van der Waals surface area (Å²) in [4.78, 5) is 4.35. The standard InChI is InChI=1S/C16H20N6O4/c23-7-10-12(24)13(25)16(26-10)22-8-18-11-14(19-21-20-15(11)22)17-6-9-4-2-1-3-5-9/h1-5,8,10,12-14,16-17,23-25H,6-7H2,(H,19,20)/t10-,12-,13-,14?,16-/m1/s1. The Hall–Kier alpha value is -2.37. The van der Waals surface area contributed by atoms with Crippen LogP contribution in [0.3, 0.4) is 0 Å². The maximum absolute atomic E-state index is 10.2. The molecule has 0 spiro atoms. The molecule has 5 atom stereocenters. The quantitative estimate of drug-likeness (QED) is 0.509. The molecule has 2 aliphatic heterocycles. The van der Waals surface area contributed by atoms with Gasteiger partial charge in [0.1, 0.15) is 24.0 Å². The average molecular weight is 360 g/mol. The number of aromatic nitrogens is 2. The van der Waals surface area contributed by atoms with E-state index in [0.29, 0.717) is 18.1 Å². The van der Waals surface area contributed by atoms with Crippen LogP contribution in [0, 0.1) is 0 Å². The number of hydrogen-bond acceptors (Lipinski definition) is 9. The molecule has 1 aromatic heterocycles. The van der Waals surface area contributed by atoms with Crippen LogP contribution in [-0.4, -0.2) is 49.8 Å². The van der Waals surface area contributed by atoms with Gasteiger partial charge in [-0.2, -0.15) is 0 Å². The van der Waals surface area contributed by atoms with Gasteiger partial charge in [-0.05, 0) is 5.56 Å². The monoisotopic (exact) mass is 360 g/mol. The fraction of sp³-hybridized carbons (Fsp3) is 0.438. The highest BCUT2D eigenvalue weighted by atomic mass is 16.6. The zero-order chi connectivity index (χ0) is 18.1. The first-order chi connectivity index (χ1) is 12.7. The Kier molecular flexibility index (Phi) is 4.66. The maximum Gasteiger partial charge on any atom is 0.169 e. The zero-order valence-electron chi connectivity index (χ0n) is 13.8. The van der Waals surface area contributed by atoms with Crippen LogP contribution in [0.15, 0.2) is 47.0 Å². The van der Waals surface area contributed by atoms with Gasteiger partial charge in [-0.25, -0.2) is 10.4 Å². The van der Waals surface area contributed by atoms with E-state index < -0.39 is 30.7 Å². The van der Waals surface area contributed by atoms with Crippen LogP contribution < -0.4 is 10.7 Å². The molecule has 4 rings (SSSR count). The molecule has 1 saturated heterocycles. The van der Waals surface area contributed by atoms with Gasteiger partial charge in [-0.15, -0.1) is 5.11 Å². The number of aliphatic hydroxyl groups is 3. The van der Waals surface area contributed by atoms with Gasteiger partial charge in [0.15, 0.2) is 18.2 Å². The Balaban J connectivity index is 1.53. The summed E-state index contributed by atoms with van der Waals surface area (Å²) in [6.45, 7) is 0.199. The number of anilines is 1. The number of aliphatic hydroxyl groups excluding tert-OH is 3. The number of benzene rings is 1. The van der Waals surface area contributed by atoms with Crippen LogP contribution in [0.4, 0.5) is 5.82 Å². The SMILES string of the molecule is OC[C@H]1O[C@@H](n2cnc3c2NN=NC3NCc2ccccc2)[C@H](O)[C@@H]1O. The van der Waals surface area contributed by atoms with Crippen molar-refractivity contribution in [1.82, 2.24) is 14.9 Å². The van der Waals surface area contributed by atoms with Crippen molar-refractivity contribution in [3.05, 3.63) is 47.9 Å². The van der Waals surface area contributed by atoms with Crippen LogP contribution in [0.1, 0.15) is 23.7 Å². The largest absolute Gasteiger partial charge is 0.394 e. The summed E-state index contributed by atoms with van der Waals surface area (Å²) in [5.41, 5.74) is 4.48. The first-order valence-electron chi connectivity index (χ1n) is 8.31. The van der Waals surface area contributed by atoms with Gasteiger partial charge >= 0.3 is 0 Å². The van der Waals surface area contributed by atoms with E-state index in [4.69, 9.17) is 4.74 Å². The topological polar surface area (TPSA) is 137 Å². The van der Waals surface area contributed by atoms with E-state index in [1.54, 1.807) is 4.57 Å². The summed E-state index contributed by atoms with van der Waals surface area (Å²) < 4.78 is 7.10. The third kappa shape index (κ3) is 2.97. The first-order valence-corrected chi connectivity index (χ1v) is 8.31. The number of imidazole rings is 1. The molecule has 1 aromatic carbocycles. The molecule has 5 N–H and O–H groups in total. The van der Waals surface area contributed by atoms with Gasteiger partial charge in [0, 0.05) is 6.54 Å². The van der Waals surface area contributed by atoms with Gasteiger partial charge in [0.05, 0.1) is 12.9 Å². The highest BCUT2D eigenvalue weighted by Gasteiger charge is 2.44. The minimum Gasteiger partial charge on any atom is -0.394 e. The highest BCUT2D eigenvalue weighted by molar-refractivity contribution is 5.44. The van der Waals surface area contributed by atoms with E-state index >= 15 is 0 Å². The van der Waals surface area contributed by atoms with E-state index in [2.05, 4.69) is 26.1 Å². The van der Waals surface area contributed by atoms with Crippen LogP contribution >= 0.6 is 0 Å². The van der Waals surface area contributed by atoms with Crippen molar-refractivity contribution >= 4 is 5.82 Å². The number of rotatable bonds is 5. The fourth-order valence-electron chi connectivity index (χ4n) is 3.13. The molecule has 1 fully saturated rings. The van der Waals surface area contributed by atoms with E-state index in [0.717, 1.165) is 5.56 Å². The fourth-order valence-corrected chi connectivity index (χ4v) is 3.13. The Morgan fingerprint density at radius 2 is 2.00 bits per heavy atom. The molecule has 0 aliphatic carbocycles. The summed E-state index contributed by atoms with van der Waals surface area (Å²) in [7, 11) is 0. The minimum atomic E-state index is -1.19. The Morgan fingerprint density at radius 1 is 1.19 bits per heavy atom. The number of hydrogen-bond donors (Lipinski definition) is 5. The van der Waals surface area contributed by atoms with Crippen molar-refractivity contribution in [1.29, 1.82) is 0 Å². The third-order valence-corrected chi connectivity index (χ3v) is 4.54. The minimum absolute atomic E-state index is 0.389. The van der Waals surface area contributed by atoms with Crippen molar-refractivity contribution < 1.29 is 20.1 Å². The van der Waals surface area contributed by atoms with Crippen LogP contribution in [0.2, 0.25) is 0 Å². The van der Waals surface area contributed by atoms with E-state index in [-0.39, 0.29) is 6.61 Å². The molecule has 10 heteroatoms. The second-order valence-electron chi connectivity index (χ2n) is 6.21. The van der Waals surface area contributed by atoms with Gasteiger partial charge < -0.3 is 20.1 Å². The predicted octanol–water partition coefficient (Wildman–Crippen LogP) is 0.0757. The first kappa shape index (κ1) is 17.1. The summed E-state index contributed by atoms with van der Waals surface area (Å²) in [5.74, 6) is 0.514. The molecule has 1 unspecified atom stereocenters. The second-order valence-corrected chi connectivity index (χ2v) is 6.21. The predicted molar refractivity (Wildman–Crippen MR) is 89.7 cm³/mol. The van der Waals surface area contributed by atoms with Gasteiger partial charge in [0.2, 0.25) is 0 Å². The number of nitrogens with zero attached hydrogens (tertiary/aromatic N) is 4. The van der Waals surface area contributed by atoms with Crippen molar-refractivity contribution in [3.63, 3.8) is 0 Å². The molecular formula is C16H20N6O4. The number of ether oxygens (including phenoxy) is 1. The van der Waals surface area contributed by atoms with Crippen molar-refractivity contribution in [2.45, 2.75) is 37.3 Å². The molecular weight excluding hydrogens is 340 g/mol. The normalized spacial score (nSPS) is 30.2. The number of nitrogens with one attached hydrogen (secondary N) is 2. The molecule has 2 aliphatic rings. The molecule has 26 heavy (non-hydrogen) atoms. The maximum atomic E-state index is 10.2. The smallest absolute Gasteiger partial charge is 0.169 e.